The molecule has 1 saturated carbocycles. The van der Waals surface area contributed by atoms with Gasteiger partial charge in [-0.2, -0.15) is 0 Å². The zero-order chi connectivity index (χ0) is 39.5. The lowest BCUT2D eigenvalue weighted by Crippen LogP contribution is -2.63. The number of hydrogen-bond donors (Lipinski definition) is 0. The second-order valence-corrected chi connectivity index (χ2v) is 17.2. The molecule has 4 fully saturated rings. The lowest BCUT2D eigenvalue weighted by Gasteiger charge is -2.46. The van der Waals surface area contributed by atoms with Gasteiger partial charge in [0, 0.05) is 5.92 Å². The smallest absolute Gasteiger partial charge is 0.311 e. The van der Waals surface area contributed by atoms with Gasteiger partial charge in [-0.15, -0.1) is 0 Å². The molecular weight excluding hydrogens is 716 g/mol. The van der Waals surface area contributed by atoms with Crippen LogP contribution in [0, 0.1) is 11.3 Å². The molecule has 0 N–H and O–H groups in total. The minimum absolute atomic E-state index is 0.147. The first-order valence-corrected chi connectivity index (χ1v) is 19.9. The third-order valence-electron chi connectivity index (χ3n) is 10.6. The standard InChI is InChI=1S/C45H58O11/c1-43(2,3)42(46)52-40-38(49-26-31-21-15-10-16-22-31)36(48-25-30-19-13-9-14-20-30)34(28-47-24-29-17-11-8-12-18-29)51-41(40)50-27-32-23-33-37(55-44(4,5)53-33)39-35(32)54-45(6,7)56-39/h8-22,32-41H,23-28H2,1-7H3/t32?,33?,34?,35-,36+,37?,38-,39-,40?,41?/m0/s1. The van der Waals surface area contributed by atoms with E-state index in [4.69, 9.17) is 47.4 Å². The summed E-state index contributed by atoms with van der Waals surface area (Å²) in [5, 5.41) is 0. The number of ether oxygens (including phenoxy) is 10. The van der Waals surface area contributed by atoms with E-state index >= 15 is 0 Å². The van der Waals surface area contributed by atoms with Crippen molar-refractivity contribution in [3.63, 3.8) is 0 Å². The summed E-state index contributed by atoms with van der Waals surface area (Å²) in [4.78, 5) is 13.8. The zero-order valence-electron chi connectivity index (χ0n) is 33.7. The molecule has 6 unspecified atom stereocenters. The predicted octanol–water partition coefficient (Wildman–Crippen LogP) is 7.13. The summed E-state index contributed by atoms with van der Waals surface area (Å²) in [6.45, 7) is 14.4. The molecule has 0 amide bonds. The maximum absolute atomic E-state index is 13.8. The summed E-state index contributed by atoms with van der Waals surface area (Å²) >= 11 is 0. The van der Waals surface area contributed by atoms with Gasteiger partial charge in [0.25, 0.3) is 0 Å². The van der Waals surface area contributed by atoms with E-state index in [0.29, 0.717) is 13.0 Å². The first-order chi connectivity index (χ1) is 26.7. The summed E-state index contributed by atoms with van der Waals surface area (Å²) in [7, 11) is 0. The van der Waals surface area contributed by atoms with Crippen molar-refractivity contribution < 1.29 is 52.2 Å². The second kappa shape index (κ2) is 17.3. The number of esters is 1. The Morgan fingerprint density at radius 2 is 1.14 bits per heavy atom. The van der Waals surface area contributed by atoms with Crippen LogP contribution in [0.2, 0.25) is 0 Å². The Bertz CT molecular complexity index is 1700. The van der Waals surface area contributed by atoms with Crippen LogP contribution >= 0.6 is 0 Å². The molecule has 10 atom stereocenters. The van der Waals surface area contributed by atoms with E-state index in [1.807, 2.05) is 139 Å². The Morgan fingerprint density at radius 1 is 0.625 bits per heavy atom. The first-order valence-electron chi connectivity index (χ1n) is 19.9. The molecule has 0 radical (unpaired) electrons. The van der Waals surface area contributed by atoms with Crippen molar-refractivity contribution in [3.05, 3.63) is 108 Å². The summed E-state index contributed by atoms with van der Waals surface area (Å²) in [5.74, 6) is -2.13. The van der Waals surface area contributed by atoms with Crippen molar-refractivity contribution in [2.75, 3.05) is 13.2 Å². The Labute approximate surface area is 331 Å². The molecule has 4 aliphatic rings. The first kappa shape index (κ1) is 40.9. The van der Waals surface area contributed by atoms with Crippen LogP contribution in [0.25, 0.3) is 0 Å². The van der Waals surface area contributed by atoms with Gasteiger partial charge in [-0.1, -0.05) is 91.0 Å². The van der Waals surface area contributed by atoms with Crippen molar-refractivity contribution in [1.29, 1.82) is 0 Å². The van der Waals surface area contributed by atoms with Gasteiger partial charge in [-0.3, -0.25) is 4.79 Å². The van der Waals surface area contributed by atoms with Gasteiger partial charge in [-0.25, -0.2) is 0 Å². The normalized spacial score (nSPS) is 32.1. The minimum atomic E-state index is -1.03. The molecule has 3 aromatic rings. The van der Waals surface area contributed by atoms with Crippen molar-refractivity contribution in [2.24, 2.45) is 11.3 Å². The third-order valence-corrected chi connectivity index (χ3v) is 10.6. The third kappa shape index (κ3) is 10.1. The largest absolute Gasteiger partial charge is 0.454 e. The monoisotopic (exact) mass is 774 g/mol. The molecule has 11 nitrogen and oxygen atoms in total. The highest BCUT2D eigenvalue weighted by molar-refractivity contribution is 5.75. The highest BCUT2D eigenvalue weighted by atomic mass is 16.8. The van der Waals surface area contributed by atoms with Crippen molar-refractivity contribution in [3.8, 4) is 0 Å². The van der Waals surface area contributed by atoms with Crippen molar-refractivity contribution in [2.45, 2.75) is 141 Å². The maximum atomic E-state index is 13.8. The van der Waals surface area contributed by atoms with E-state index in [-0.39, 0.29) is 56.8 Å². The quantitative estimate of drug-likeness (QED) is 0.156. The number of fused-ring (bicyclic) bond motifs is 3. The number of carbonyl (C=O) groups is 1. The van der Waals surface area contributed by atoms with Crippen LogP contribution in [0.5, 0.6) is 0 Å². The minimum Gasteiger partial charge on any atom is -0.454 e. The van der Waals surface area contributed by atoms with Gasteiger partial charge in [0.05, 0.1) is 50.7 Å². The predicted molar refractivity (Wildman–Crippen MR) is 206 cm³/mol. The molecule has 0 bridgehead atoms. The topological polar surface area (TPSA) is 109 Å². The van der Waals surface area contributed by atoms with E-state index < -0.39 is 53.7 Å². The molecule has 304 valence electrons. The van der Waals surface area contributed by atoms with Gasteiger partial charge in [0.15, 0.2) is 24.0 Å². The lowest BCUT2D eigenvalue weighted by molar-refractivity contribution is -0.325. The fourth-order valence-corrected chi connectivity index (χ4v) is 7.94. The van der Waals surface area contributed by atoms with Crippen LogP contribution in [-0.2, 0) is 72.0 Å². The number of benzene rings is 3. The number of hydrogen-bond acceptors (Lipinski definition) is 11. The Balaban J connectivity index is 1.19. The van der Waals surface area contributed by atoms with Crippen LogP contribution in [0.1, 0.15) is 71.6 Å². The summed E-state index contributed by atoms with van der Waals surface area (Å²) < 4.78 is 65.5. The molecule has 3 heterocycles. The van der Waals surface area contributed by atoms with Crippen LogP contribution in [-0.4, -0.2) is 85.9 Å². The Morgan fingerprint density at radius 3 is 1.73 bits per heavy atom. The molecule has 3 aromatic carbocycles. The van der Waals surface area contributed by atoms with Gasteiger partial charge >= 0.3 is 5.97 Å². The molecule has 0 aromatic heterocycles. The Kier molecular flexibility index (Phi) is 12.7. The van der Waals surface area contributed by atoms with E-state index in [1.54, 1.807) is 0 Å². The van der Waals surface area contributed by atoms with Gasteiger partial charge in [0.1, 0.15) is 30.5 Å². The van der Waals surface area contributed by atoms with E-state index in [0.717, 1.165) is 16.7 Å². The van der Waals surface area contributed by atoms with Crippen molar-refractivity contribution in [1.82, 2.24) is 0 Å². The fraction of sp³-hybridized carbons (Fsp3) is 0.578. The van der Waals surface area contributed by atoms with Crippen LogP contribution < -0.4 is 0 Å². The molecule has 56 heavy (non-hydrogen) atoms. The molecule has 0 spiro atoms. The van der Waals surface area contributed by atoms with E-state index in [2.05, 4.69) is 0 Å². The summed E-state index contributed by atoms with van der Waals surface area (Å²) in [5.41, 5.74) is 2.15. The SMILES string of the molecule is CC1(C)OC2CC(COC3OC(COCc4ccccc4)[C@@H](OCc4ccccc4)[C@H](OCc4ccccc4)C3OC(=O)C(C)(C)C)[C@@H]3OC(C)(C)O[C@@H]3C2O1. The molecule has 3 aliphatic heterocycles. The van der Waals surface area contributed by atoms with Gasteiger partial charge in [-0.05, 0) is 71.6 Å². The zero-order valence-corrected chi connectivity index (χ0v) is 33.7. The lowest BCUT2D eigenvalue weighted by atomic mass is 9.81. The molecule has 1 aliphatic carbocycles. The highest BCUT2D eigenvalue weighted by Crippen LogP contribution is 2.47. The molecule has 11 heteroatoms. The maximum Gasteiger partial charge on any atom is 0.311 e. The Hall–Kier alpha value is -3.23. The van der Waals surface area contributed by atoms with E-state index in [9.17, 15) is 4.79 Å². The van der Waals surface area contributed by atoms with Gasteiger partial charge in [0.2, 0.25) is 0 Å². The average Bonchev–Trinajstić information content (AvgIpc) is 3.67. The van der Waals surface area contributed by atoms with Crippen molar-refractivity contribution >= 4 is 5.97 Å². The number of rotatable bonds is 14. The van der Waals surface area contributed by atoms with Gasteiger partial charge < -0.3 is 47.4 Å². The molecule has 3 saturated heterocycles. The fourth-order valence-electron chi connectivity index (χ4n) is 7.94. The van der Waals surface area contributed by atoms with Crippen LogP contribution in [0.15, 0.2) is 91.0 Å². The average molecular weight is 775 g/mol. The number of carbonyl (C=O) groups excluding carboxylic acids is 1. The highest BCUT2D eigenvalue weighted by Gasteiger charge is 2.60. The van der Waals surface area contributed by atoms with Crippen LogP contribution in [0.3, 0.4) is 0 Å². The summed E-state index contributed by atoms with van der Waals surface area (Å²) in [6, 6.07) is 29.8. The second-order valence-electron chi connectivity index (χ2n) is 17.2. The molecular formula is C45H58O11. The van der Waals surface area contributed by atoms with Crippen LogP contribution in [0.4, 0.5) is 0 Å². The molecule has 7 rings (SSSR count). The van der Waals surface area contributed by atoms with E-state index in [1.165, 1.54) is 0 Å². The summed E-state index contributed by atoms with van der Waals surface area (Å²) in [6.07, 6.45) is -4.72.